The third kappa shape index (κ3) is 2.24. The number of nitrogens with one attached hydrogen (secondary N) is 1. The molecule has 0 radical (unpaired) electrons. The van der Waals surface area contributed by atoms with Gasteiger partial charge in [0.15, 0.2) is 0 Å². The molecule has 0 aliphatic carbocycles. The van der Waals surface area contributed by atoms with Crippen LogP contribution in [-0.2, 0) is 6.54 Å². The van der Waals surface area contributed by atoms with Crippen molar-refractivity contribution in [1.82, 2.24) is 14.9 Å². The molecule has 2 aliphatic rings. The van der Waals surface area contributed by atoms with Crippen LogP contribution >= 0.6 is 11.6 Å². The number of nitrogens with zero attached hydrogens (tertiary/aromatic N) is 2. The van der Waals surface area contributed by atoms with E-state index in [0.717, 1.165) is 34.4 Å². The van der Waals surface area contributed by atoms with Crippen molar-refractivity contribution in [3.63, 3.8) is 0 Å². The number of benzene rings is 2. The molecule has 1 N–H and O–H groups in total. The Morgan fingerprint density at radius 1 is 1.28 bits per heavy atom. The zero-order valence-corrected chi connectivity index (χ0v) is 13.8. The highest BCUT2D eigenvalue weighted by Gasteiger charge is 2.39. The Morgan fingerprint density at radius 3 is 3.00 bits per heavy atom. The van der Waals surface area contributed by atoms with Crippen LogP contribution in [-0.4, -0.2) is 16.2 Å². The fourth-order valence-electron chi connectivity index (χ4n) is 4.07. The van der Waals surface area contributed by atoms with E-state index in [4.69, 9.17) is 21.3 Å². The van der Waals surface area contributed by atoms with Gasteiger partial charge in [-0.25, -0.2) is 4.98 Å². The van der Waals surface area contributed by atoms with Crippen LogP contribution in [0.4, 0.5) is 8.78 Å². The van der Waals surface area contributed by atoms with Crippen LogP contribution in [0.2, 0.25) is 5.02 Å². The number of hydrogen-bond acceptors (Lipinski definition) is 3. The van der Waals surface area contributed by atoms with Gasteiger partial charge in [0.2, 0.25) is 0 Å². The van der Waals surface area contributed by atoms with Gasteiger partial charge in [0.05, 0.1) is 23.1 Å². The standard InChI is InChI=1S/C18H14ClF2N3O/c19-10-4-5-11-13(6-10)24-14-7-12(17(24)23-11)22-8-9-2-1-3-15(16(9)14)25-18(20)21/h1-6,12,14,18,22H,7-8H2. The topological polar surface area (TPSA) is 39.1 Å². The second kappa shape index (κ2) is 5.41. The van der Waals surface area contributed by atoms with E-state index < -0.39 is 6.61 Å². The van der Waals surface area contributed by atoms with Crippen LogP contribution in [0.3, 0.4) is 0 Å². The molecule has 2 bridgehead atoms. The number of alkyl halides is 2. The number of hydrogen-bond donors (Lipinski definition) is 1. The van der Waals surface area contributed by atoms with Crippen molar-refractivity contribution in [1.29, 1.82) is 0 Å². The Labute approximate surface area is 147 Å². The van der Waals surface area contributed by atoms with Gasteiger partial charge >= 0.3 is 6.61 Å². The first-order valence-electron chi connectivity index (χ1n) is 8.09. The van der Waals surface area contributed by atoms with E-state index in [1.165, 1.54) is 0 Å². The zero-order valence-electron chi connectivity index (χ0n) is 13.0. The van der Waals surface area contributed by atoms with E-state index in [2.05, 4.69) is 9.88 Å². The summed E-state index contributed by atoms with van der Waals surface area (Å²) in [6.45, 7) is -2.26. The molecule has 0 fully saturated rings. The van der Waals surface area contributed by atoms with Gasteiger partial charge < -0.3 is 14.6 Å². The predicted molar refractivity (Wildman–Crippen MR) is 90.2 cm³/mol. The summed E-state index contributed by atoms with van der Waals surface area (Å²) >= 11 is 6.17. The van der Waals surface area contributed by atoms with Gasteiger partial charge in [-0.3, -0.25) is 0 Å². The van der Waals surface area contributed by atoms with E-state index in [1.54, 1.807) is 12.1 Å². The van der Waals surface area contributed by atoms with Crippen molar-refractivity contribution in [2.75, 3.05) is 0 Å². The molecule has 128 valence electrons. The summed E-state index contributed by atoms with van der Waals surface area (Å²) in [5.41, 5.74) is 3.54. The highest BCUT2D eigenvalue weighted by Crippen LogP contribution is 2.47. The second-order valence-electron chi connectivity index (χ2n) is 6.37. The number of rotatable bonds is 2. The van der Waals surface area contributed by atoms with Crippen molar-refractivity contribution >= 4 is 22.6 Å². The summed E-state index contributed by atoms with van der Waals surface area (Å²) < 4.78 is 32.7. The molecule has 2 unspecified atom stereocenters. The lowest BCUT2D eigenvalue weighted by atomic mass is 9.98. The molecular formula is C18H14ClF2N3O. The maximum atomic E-state index is 12.9. The minimum absolute atomic E-state index is 0.0722. The molecule has 5 rings (SSSR count). The van der Waals surface area contributed by atoms with Gasteiger partial charge in [-0.1, -0.05) is 23.7 Å². The molecule has 0 spiro atoms. The first-order chi connectivity index (χ1) is 12.1. The van der Waals surface area contributed by atoms with Gasteiger partial charge in [0, 0.05) is 17.1 Å². The summed E-state index contributed by atoms with van der Waals surface area (Å²) in [6.07, 6.45) is 0.751. The van der Waals surface area contributed by atoms with E-state index in [-0.39, 0.29) is 17.8 Å². The summed E-state index contributed by atoms with van der Waals surface area (Å²) in [5, 5.41) is 4.11. The molecule has 0 saturated heterocycles. The fourth-order valence-corrected chi connectivity index (χ4v) is 4.23. The average molecular weight is 362 g/mol. The van der Waals surface area contributed by atoms with E-state index in [9.17, 15) is 8.78 Å². The van der Waals surface area contributed by atoms with E-state index >= 15 is 0 Å². The minimum atomic E-state index is -2.85. The predicted octanol–water partition coefficient (Wildman–Crippen LogP) is 4.43. The lowest BCUT2D eigenvalue weighted by Gasteiger charge is -2.21. The number of halogens is 3. The summed E-state index contributed by atoms with van der Waals surface area (Å²) in [5.74, 6) is 1.15. The van der Waals surface area contributed by atoms with Crippen molar-refractivity contribution < 1.29 is 13.5 Å². The van der Waals surface area contributed by atoms with Crippen LogP contribution < -0.4 is 10.1 Å². The molecule has 1 aromatic heterocycles. The first kappa shape index (κ1) is 15.1. The molecule has 7 heteroatoms. The Balaban J connectivity index is 1.76. The lowest BCUT2D eigenvalue weighted by Crippen LogP contribution is -2.20. The Bertz CT molecular complexity index is 988. The lowest BCUT2D eigenvalue weighted by molar-refractivity contribution is -0.0507. The van der Waals surface area contributed by atoms with Crippen molar-refractivity contribution in [2.45, 2.75) is 31.7 Å². The normalized spacial score (nSPS) is 21.3. The Hall–Kier alpha value is -2.18. The molecule has 3 heterocycles. The van der Waals surface area contributed by atoms with Crippen LogP contribution in [0.5, 0.6) is 5.75 Å². The molecular weight excluding hydrogens is 348 g/mol. The number of imidazole rings is 1. The number of ether oxygens (including phenoxy) is 1. The summed E-state index contributed by atoms with van der Waals surface area (Å²) in [6, 6.07) is 10.8. The van der Waals surface area contributed by atoms with Crippen LogP contribution in [0, 0.1) is 0 Å². The monoisotopic (exact) mass is 361 g/mol. The maximum Gasteiger partial charge on any atom is 0.387 e. The summed E-state index contributed by atoms with van der Waals surface area (Å²) in [7, 11) is 0. The summed E-state index contributed by atoms with van der Waals surface area (Å²) in [4.78, 5) is 4.74. The molecule has 2 aliphatic heterocycles. The average Bonchev–Trinajstić information content (AvgIpc) is 3.02. The fraction of sp³-hybridized carbons (Fsp3) is 0.278. The van der Waals surface area contributed by atoms with E-state index in [0.29, 0.717) is 11.6 Å². The third-order valence-electron chi connectivity index (χ3n) is 5.01. The Morgan fingerprint density at radius 2 is 2.16 bits per heavy atom. The number of aromatic nitrogens is 2. The van der Waals surface area contributed by atoms with Crippen LogP contribution in [0.25, 0.3) is 11.0 Å². The van der Waals surface area contributed by atoms with Gasteiger partial charge in [0.1, 0.15) is 11.6 Å². The van der Waals surface area contributed by atoms with Crippen LogP contribution in [0.15, 0.2) is 36.4 Å². The highest BCUT2D eigenvalue weighted by molar-refractivity contribution is 6.31. The molecule has 4 nitrogen and oxygen atoms in total. The SMILES string of the molecule is FC(F)Oc1cccc2c1C1CC(NC2)c2nc3ccc(Cl)cc3n21. The molecule has 0 saturated carbocycles. The minimum Gasteiger partial charge on any atom is -0.434 e. The van der Waals surface area contributed by atoms with Gasteiger partial charge in [-0.15, -0.1) is 0 Å². The van der Waals surface area contributed by atoms with Gasteiger partial charge in [0.25, 0.3) is 0 Å². The van der Waals surface area contributed by atoms with Gasteiger partial charge in [-0.2, -0.15) is 8.78 Å². The highest BCUT2D eigenvalue weighted by atomic mass is 35.5. The molecule has 3 aromatic rings. The largest absolute Gasteiger partial charge is 0.434 e. The Kier molecular flexibility index (Phi) is 3.27. The first-order valence-corrected chi connectivity index (χ1v) is 8.47. The quantitative estimate of drug-likeness (QED) is 0.734. The van der Waals surface area contributed by atoms with E-state index in [1.807, 2.05) is 24.3 Å². The van der Waals surface area contributed by atoms with Crippen LogP contribution in [0.1, 0.15) is 35.5 Å². The van der Waals surface area contributed by atoms with Gasteiger partial charge in [-0.05, 0) is 36.2 Å². The van der Waals surface area contributed by atoms with Crippen molar-refractivity contribution in [2.24, 2.45) is 0 Å². The maximum absolute atomic E-state index is 12.9. The zero-order chi connectivity index (χ0) is 17.1. The van der Waals surface area contributed by atoms with Crippen molar-refractivity contribution in [3.8, 4) is 5.75 Å². The molecule has 25 heavy (non-hydrogen) atoms. The number of fused-ring (bicyclic) bond motifs is 9. The third-order valence-corrected chi connectivity index (χ3v) is 5.24. The van der Waals surface area contributed by atoms with Crippen molar-refractivity contribution in [3.05, 3.63) is 58.4 Å². The second-order valence-corrected chi connectivity index (χ2v) is 6.80. The molecule has 2 atom stereocenters. The molecule has 2 aromatic carbocycles. The molecule has 0 amide bonds. The smallest absolute Gasteiger partial charge is 0.387 e.